The first-order valence-electron chi connectivity index (χ1n) is 11.6. The molecule has 1 aromatic carbocycles. The number of nitrogens with one attached hydrogen (secondary N) is 3. The number of carboxylic acids is 1. The second-order valence-corrected chi connectivity index (χ2v) is 8.92. The SMILES string of the molecule is CC(C)[C@H](NC(=O)[C@@H]1CCCN1C(=O)[C@H](C)NC(=O)[C@H](C)NC(=O)OCc1ccccc1)C(=O)O. The molecule has 0 unspecified atom stereocenters. The lowest BCUT2D eigenvalue weighted by Crippen LogP contribution is -2.56. The van der Waals surface area contributed by atoms with E-state index in [1.807, 2.05) is 18.2 Å². The Labute approximate surface area is 204 Å². The van der Waals surface area contributed by atoms with Gasteiger partial charge in [0.2, 0.25) is 17.7 Å². The normalized spacial score (nSPS) is 17.7. The number of benzene rings is 1. The van der Waals surface area contributed by atoms with Crippen LogP contribution in [0.1, 0.15) is 46.1 Å². The van der Waals surface area contributed by atoms with Crippen LogP contribution in [0.25, 0.3) is 0 Å². The van der Waals surface area contributed by atoms with Crippen molar-refractivity contribution >= 4 is 29.8 Å². The molecule has 4 amide bonds. The molecule has 4 N–H and O–H groups in total. The van der Waals surface area contributed by atoms with E-state index in [0.29, 0.717) is 19.4 Å². The fraction of sp³-hybridized carbons (Fsp3) is 0.542. The predicted octanol–water partition coefficient (Wildman–Crippen LogP) is 1.02. The van der Waals surface area contributed by atoms with Crippen LogP contribution in [0.2, 0.25) is 0 Å². The largest absolute Gasteiger partial charge is 0.480 e. The Kier molecular flexibility index (Phi) is 10.0. The van der Waals surface area contributed by atoms with Crippen molar-refractivity contribution in [3.05, 3.63) is 35.9 Å². The van der Waals surface area contributed by atoms with Gasteiger partial charge < -0.3 is 30.7 Å². The number of carboxylic acid groups (broad SMARTS) is 1. The molecule has 2 rings (SSSR count). The van der Waals surface area contributed by atoms with Crippen molar-refractivity contribution in [2.24, 2.45) is 5.92 Å². The number of hydrogen-bond donors (Lipinski definition) is 4. The molecule has 35 heavy (non-hydrogen) atoms. The van der Waals surface area contributed by atoms with Crippen LogP contribution in [-0.2, 0) is 30.5 Å². The molecule has 1 aromatic rings. The van der Waals surface area contributed by atoms with Crippen LogP contribution in [0.15, 0.2) is 30.3 Å². The van der Waals surface area contributed by atoms with E-state index in [1.165, 1.54) is 18.7 Å². The van der Waals surface area contributed by atoms with E-state index in [2.05, 4.69) is 16.0 Å². The first-order chi connectivity index (χ1) is 16.5. The Morgan fingerprint density at radius 1 is 1.00 bits per heavy atom. The Bertz CT molecular complexity index is 922. The van der Waals surface area contributed by atoms with Gasteiger partial charge in [-0.1, -0.05) is 44.2 Å². The third-order valence-corrected chi connectivity index (χ3v) is 5.74. The summed E-state index contributed by atoms with van der Waals surface area (Å²) < 4.78 is 5.10. The van der Waals surface area contributed by atoms with Crippen LogP contribution >= 0.6 is 0 Å². The highest BCUT2D eigenvalue weighted by Gasteiger charge is 2.38. The summed E-state index contributed by atoms with van der Waals surface area (Å²) in [5, 5.41) is 16.8. The maximum absolute atomic E-state index is 13.0. The van der Waals surface area contributed by atoms with E-state index in [-0.39, 0.29) is 12.5 Å². The van der Waals surface area contributed by atoms with Gasteiger partial charge in [-0.05, 0) is 38.2 Å². The fourth-order valence-corrected chi connectivity index (χ4v) is 3.72. The van der Waals surface area contributed by atoms with Gasteiger partial charge in [-0.2, -0.15) is 0 Å². The van der Waals surface area contributed by atoms with Gasteiger partial charge in [-0.15, -0.1) is 0 Å². The van der Waals surface area contributed by atoms with Crippen molar-refractivity contribution in [3.8, 4) is 0 Å². The van der Waals surface area contributed by atoms with E-state index < -0.39 is 54.0 Å². The zero-order valence-electron chi connectivity index (χ0n) is 20.4. The molecule has 11 heteroatoms. The third kappa shape index (κ3) is 7.97. The average Bonchev–Trinajstić information content (AvgIpc) is 3.30. The van der Waals surface area contributed by atoms with E-state index in [1.54, 1.807) is 26.0 Å². The van der Waals surface area contributed by atoms with Crippen LogP contribution < -0.4 is 16.0 Å². The van der Waals surface area contributed by atoms with E-state index >= 15 is 0 Å². The zero-order chi connectivity index (χ0) is 26.1. The minimum atomic E-state index is -1.14. The zero-order valence-corrected chi connectivity index (χ0v) is 20.4. The molecule has 11 nitrogen and oxygen atoms in total. The number of rotatable bonds is 10. The van der Waals surface area contributed by atoms with Crippen molar-refractivity contribution in [3.63, 3.8) is 0 Å². The second-order valence-electron chi connectivity index (χ2n) is 8.92. The predicted molar refractivity (Wildman–Crippen MR) is 126 cm³/mol. The maximum Gasteiger partial charge on any atom is 0.408 e. The van der Waals surface area contributed by atoms with Gasteiger partial charge in [0.25, 0.3) is 0 Å². The van der Waals surface area contributed by atoms with Crippen LogP contribution in [0.5, 0.6) is 0 Å². The second kappa shape index (κ2) is 12.7. The highest BCUT2D eigenvalue weighted by molar-refractivity contribution is 5.94. The molecule has 0 aromatic heterocycles. The Hall–Kier alpha value is -3.63. The summed E-state index contributed by atoms with van der Waals surface area (Å²) in [6.45, 7) is 6.67. The Balaban J connectivity index is 1.87. The Morgan fingerprint density at radius 2 is 1.66 bits per heavy atom. The van der Waals surface area contributed by atoms with Crippen LogP contribution in [0.3, 0.4) is 0 Å². The highest BCUT2D eigenvalue weighted by atomic mass is 16.5. The summed E-state index contributed by atoms with van der Waals surface area (Å²) in [6.07, 6.45) is 0.202. The summed E-state index contributed by atoms with van der Waals surface area (Å²) >= 11 is 0. The first kappa shape index (κ1) is 27.6. The number of hydrogen-bond acceptors (Lipinski definition) is 6. The van der Waals surface area contributed by atoms with Crippen molar-refractivity contribution in [1.29, 1.82) is 0 Å². The minimum Gasteiger partial charge on any atom is -0.480 e. The minimum absolute atomic E-state index is 0.0495. The van der Waals surface area contributed by atoms with E-state index in [9.17, 15) is 29.1 Å². The third-order valence-electron chi connectivity index (χ3n) is 5.74. The van der Waals surface area contributed by atoms with E-state index in [4.69, 9.17) is 4.74 Å². The maximum atomic E-state index is 13.0. The van der Waals surface area contributed by atoms with Gasteiger partial charge in [0.1, 0.15) is 30.8 Å². The molecule has 0 radical (unpaired) electrons. The van der Waals surface area contributed by atoms with Crippen LogP contribution in [0.4, 0.5) is 4.79 Å². The average molecular weight is 491 g/mol. The van der Waals surface area contributed by atoms with Crippen molar-refractivity contribution in [2.75, 3.05) is 6.54 Å². The summed E-state index contributed by atoms with van der Waals surface area (Å²) in [5.74, 6) is -3.06. The lowest BCUT2D eigenvalue weighted by Gasteiger charge is -2.29. The molecule has 1 heterocycles. The number of nitrogens with zero attached hydrogens (tertiary/aromatic N) is 1. The monoisotopic (exact) mass is 490 g/mol. The topological polar surface area (TPSA) is 154 Å². The molecular weight excluding hydrogens is 456 g/mol. The molecule has 0 saturated carbocycles. The number of carbonyl (C=O) groups is 5. The molecular formula is C24H34N4O7. The lowest BCUT2D eigenvalue weighted by molar-refractivity contribution is -0.145. The molecule has 0 aliphatic carbocycles. The molecule has 1 aliphatic rings. The van der Waals surface area contributed by atoms with Crippen LogP contribution in [-0.4, -0.2) is 70.5 Å². The van der Waals surface area contributed by atoms with Crippen molar-refractivity contribution < 1.29 is 33.8 Å². The molecule has 4 atom stereocenters. The molecule has 0 bridgehead atoms. The van der Waals surface area contributed by atoms with Crippen molar-refractivity contribution in [1.82, 2.24) is 20.9 Å². The molecule has 192 valence electrons. The molecule has 1 aliphatic heterocycles. The van der Waals surface area contributed by atoms with Gasteiger partial charge in [-0.3, -0.25) is 14.4 Å². The quantitative estimate of drug-likeness (QED) is 0.382. The van der Waals surface area contributed by atoms with Crippen molar-refractivity contribution in [2.45, 2.75) is 71.3 Å². The number of carbonyl (C=O) groups excluding carboxylic acids is 4. The van der Waals surface area contributed by atoms with Crippen LogP contribution in [0, 0.1) is 5.92 Å². The molecule has 0 spiro atoms. The fourth-order valence-electron chi connectivity index (χ4n) is 3.72. The van der Waals surface area contributed by atoms with Gasteiger partial charge in [0.15, 0.2) is 0 Å². The van der Waals surface area contributed by atoms with Gasteiger partial charge in [0, 0.05) is 6.54 Å². The number of ether oxygens (including phenoxy) is 1. The summed E-state index contributed by atoms with van der Waals surface area (Å²) in [7, 11) is 0. The standard InChI is InChI=1S/C24H34N4O7/c1-14(2)19(23(32)33)27-21(30)18-11-8-12-28(18)22(31)16(4)25-20(29)15(3)26-24(34)35-13-17-9-6-5-7-10-17/h5-7,9-10,14-16,18-19H,8,11-13H2,1-4H3,(H,25,29)(H,26,34)(H,27,30)(H,32,33)/t15-,16-,18-,19-/m0/s1. The van der Waals surface area contributed by atoms with E-state index in [0.717, 1.165) is 5.56 Å². The molecule has 1 fully saturated rings. The van der Waals surface area contributed by atoms with Gasteiger partial charge in [-0.25, -0.2) is 9.59 Å². The van der Waals surface area contributed by atoms with Gasteiger partial charge >= 0.3 is 12.1 Å². The highest BCUT2D eigenvalue weighted by Crippen LogP contribution is 2.19. The summed E-state index contributed by atoms with van der Waals surface area (Å²) in [6, 6.07) is 5.27. The summed E-state index contributed by atoms with van der Waals surface area (Å²) in [4.78, 5) is 62.9. The number of amides is 4. The summed E-state index contributed by atoms with van der Waals surface area (Å²) in [5.41, 5.74) is 0.797. The number of aliphatic carboxylic acids is 1. The lowest BCUT2D eigenvalue weighted by atomic mass is 10.0. The number of alkyl carbamates (subject to hydrolysis) is 1. The molecule has 1 saturated heterocycles. The number of likely N-dealkylation sites (tertiary alicyclic amines) is 1. The Morgan fingerprint density at radius 3 is 2.26 bits per heavy atom. The smallest absolute Gasteiger partial charge is 0.408 e. The van der Waals surface area contributed by atoms with Gasteiger partial charge in [0.05, 0.1) is 0 Å². The first-order valence-corrected chi connectivity index (χ1v) is 11.6.